The fourth-order valence-electron chi connectivity index (χ4n) is 2.19. The summed E-state index contributed by atoms with van der Waals surface area (Å²) >= 11 is 0. The lowest BCUT2D eigenvalue weighted by Gasteiger charge is -2.31. The van der Waals surface area contributed by atoms with Gasteiger partial charge in [0.25, 0.3) is 0 Å². The first-order valence-corrected chi connectivity index (χ1v) is 6.56. The second-order valence-corrected chi connectivity index (χ2v) is 7.12. The molecule has 1 atom stereocenters. The molecule has 0 amide bonds. The van der Waals surface area contributed by atoms with Crippen molar-refractivity contribution in [2.45, 2.75) is 52.4 Å². The molecule has 0 fully saturated rings. The lowest BCUT2D eigenvalue weighted by Crippen LogP contribution is -2.24. The van der Waals surface area contributed by atoms with Crippen molar-refractivity contribution >= 4 is 14.8 Å². The van der Waals surface area contributed by atoms with E-state index >= 15 is 0 Å². The van der Waals surface area contributed by atoms with Crippen LogP contribution in [0.4, 0.5) is 0 Å². The molecular formula is C15H23OP. The van der Waals surface area contributed by atoms with E-state index in [0.29, 0.717) is 0 Å². The highest BCUT2D eigenvalue weighted by molar-refractivity contribution is 7.41. The maximum atomic E-state index is 11.8. The van der Waals surface area contributed by atoms with Crippen LogP contribution >= 0.6 is 9.24 Å². The Hall–Kier alpha value is -0.680. The Morgan fingerprint density at radius 1 is 1.00 bits per heavy atom. The first-order valence-electron chi connectivity index (χ1n) is 5.99. The van der Waals surface area contributed by atoms with Gasteiger partial charge in [-0.3, -0.25) is 4.79 Å². The maximum Gasteiger partial charge on any atom is 0.178 e. The summed E-state index contributed by atoms with van der Waals surface area (Å²) in [5, 5.41) is 0. The van der Waals surface area contributed by atoms with Gasteiger partial charge in [0.05, 0.1) is 0 Å². The Morgan fingerprint density at radius 3 is 1.88 bits per heavy atom. The molecule has 0 saturated carbocycles. The molecule has 1 aromatic carbocycles. The summed E-state index contributed by atoms with van der Waals surface area (Å²) in [6, 6.07) is 6.04. The van der Waals surface area contributed by atoms with Crippen molar-refractivity contribution in [3.05, 3.63) is 34.9 Å². The van der Waals surface area contributed by atoms with Gasteiger partial charge in [0.1, 0.15) is 0 Å². The van der Waals surface area contributed by atoms with Crippen molar-refractivity contribution < 1.29 is 4.79 Å². The van der Waals surface area contributed by atoms with E-state index in [9.17, 15) is 4.79 Å². The lowest BCUT2D eigenvalue weighted by atomic mass is 9.73. The molecule has 94 valence electrons. The Morgan fingerprint density at radius 2 is 1.53 bits per heavy atom. The second-order valence-electron chi connectivity index (χ2n) is 6.59. The fourth-order valence-corrected chi connectivity index (χ4v) is 2.43. The third-order valence-electron chi connectivity index (χ3n) is 2.89. The van der Waals surface area contributed by atoms with E-state index in [2.05, 4.69) is 56.8 Å². The largest absolute Gasteiger partial charge is 0.290 e. The van der Waals surface area contributed by atoms with E-state index in [1.807, 2.05) is 12.1 Å². The van der Waals surface area contributed by atoms with Crippen LogP contribution in [-0.2, 0) is 10.8 Å². The van der Waals surface area contributed by atoms with E-state index in [4.69, 9.17) is 0 Å². The van der Waals surface area contributed by atoms with Crippen LogP contribution in [-0.4, -0.2) is 5.52 Å². The molecule has 1 aromatic rings. The molecule has 0 radical (unpaired) electrons. The van der Waals surface area contributed by atoms with E-state index in [1.165, 1.54) is 11.1 Å². The average Bonchev–Trinajstić information content (AvgIpc) is 2.13. The smallest absolute Gasteiger partial charge is 0.178 e. The third kappa shape index (κ3) is 3.16. The van der Waals surface area contributed by atoms with Crippen LogP contribution < -0.4 is 0 Å². The summed E-state index contributed by atoms with van der Waals surface area (Å²) in [7, 11) is 2.29. The Bertz CT molecular complexity index is 433. The highest BCUT2D eigenvalue weighted by Gasteiger charge is 2.28. The van der Waals surface area contributed by atoms with Crippen molar-refractivity contribution in [2.24, 2.45) is 0 Å². The molecule has 0 aromatic heterocycles. The second kappa shape index (κ2) is 4.53. The Kier molecular flexibility index (Phi) is 3.84. The summed E-state index contributed by atoms with van der Waals surface area (Å²) in [4.78, 5) is 11.8. The number of carbonyl (C=O) groups excluding carboxylic acids is 1. The quantitative estimate of drug-likeness (QED) is 0.679. The van der Waals surface area contributed by atoms with Crippen LogP contribution in [0.15, 0.2) is 18.2 Å². The van der Waals surface area contributed by atoms with Gasteiger partial charge in [-0.2, -0.15) is 0 Å². The molecule has 1 unspecified atom stereocenters. The standard InChI is InChI=1S/C15H23OP/c1-14(2,3)11-9-7-8-10(13(16)17)12(11)15(4,5)6/h7-9H,17H2,1-6H3. The highest BCUT2D eigenvalue weighted by atomic mass is 31.0. The molecule has 0 saturated heterocycles. The van der Waals surface area contributed by atoms with Crippen molar-refractivity contribution in [3.63, 3.8) is 0 Å². The van der Waals surface area contributed by atoms with Crippen LogP contribution in [0.5, 0.6) is 0 Å². The zero-order chi connectivity index (χ0) is 13.4. The number of hydrogen-bond acceptors (Lipinski definition) is 1. The van der Waals surface area contributed by atoms with Crippen LogP contribution in [0, 0.1) is 0 Å². The summed E-state index contributed by atoms with van der Waals surface area (Å²) in [6.45, 7) is 13.1. The van der Waals surface area contributed by atoms with Crippen molar-refractivity contribution in [1.29, 1.82) is 0 Å². The average molecular weight is 250 g/mol. The molecule has 0 aliphatic carbocycles. The highest BCUT2D eigenvalue weighted by Crippen LogP contribution is 2.36. The van der Waals surface area contributed by atoms with Gasteiger partial charge in [0, 0.05) is 5.56 Å². The molecule has 0 aliphatic rings. The van der Waals surface area contributed by atoms with Crippen molar-refractivity contribution in [2.75, 3.05) is 0 Å². The number of benzene rings is 1. The van der Waals surface area contributed by atoms with Gasteiger partial charge in [0.2, 0.25) is 0 Å². The van der Waals surface area contributed by atoms with Gasteiger partial charge < -0.3 is 0 Å². The zero-order valence-corrected chi connectivity index (χ0v) is 12.9. The Labute approximate surface area is 107 Å². The molecule has 1 rings (SSSR count). The first kappa shape index (κ1) is 14.4. The minimum Gasteiger partial charge on any atom is -0.290 e. The number of hydrogen-bond donors (Lipinski definition) is 0. The van der Waals surface area contributed by atoms with E-state index in [1.54, 1.807) is 0 Å². The van der Waals surface area contributed by atoms with Crippen molar-refractivity contribution in [3.8, 4) is 0 Å². The van der Waals surface area contributed by atoms with Crippen molar-refractivity contribution in [1.82, 2.24) is 0 Å². The van der Waals surface area contributed by atoms with Gasteiger partial charge in [-0.15, -0.1) is 0 Å². The summed E-state index contributed by atoms with van der Waals surface area (Å²) in [5.74, 6) is 0. The molecule has 0 spiro atoms. The molecule has 17 heavy (non-hydrogen) atoms. The normalized spacial score (nSPS) is 12.6. The molecule has 0 heterocycles. The van der Waals surface area contributed by atoms with Gasteiger partial charge in [-0.25, -0.2) is 0 Å². The Balaban J connectivity index is 3.64. The number of rotatable bonds is 1. The monoisotopic (exact) mass is 250 g/mol. The summed E-state index contributed by atoms with van der Waals surface area (Å²) < 4.78 is 0. The van der Waals surface area contributed by atoms with Gasteiger partial charge in [0.15, 0.2) is 5.52 Å². The summed E-state index contributed by atoms with van der Waals surface area (Å²) in [6.07, 6.45) is 0. The van der Waals surface area contributed by atoms with Crippen LogP contribution in [0.25, 0.3) is 0 Å². The van der Waals surface area contributed by atoms with Crippen LogP contribution in [0.2, 0.25) is 0 Å². The predicted molar refractivity (Wildman–Crippen MR) is 77.9 cm³/mol. The van der Waals surface area contributed by atoms with Crippen LogP contribution in [0.3, 0.4) is 0 Å². The molecule has 0 bridgehead atoms. The lowest BCUT2D eigenvalue weighted by molar-refractivity contribution is 0.108. The maximum absolute atomic E-state index is 11.8. The third-order valence-corrected chi connectivity index (χ3v) is 3.20. The molecule has 0 aliphatic heterocycles. The predicted octanol–water partition coefficient (Wildman–Crippen LogP) is 4.30. The topological polar surface area (TPSA) is 17.1 Å². The van der Waals surface area contributed by atoms with Crippen LogP contribution in [0.1, 0.15) is 63.0 Å². The fraction of sp³-hybridized carbons (Fsp3) is 0.533. The first-order chi connectivity index (χ1) is 7.55. The minimum atomic E-state index is -0.0224. The van der Waals surface area contributed by atoms with Gasteiger partial charge >= 0.3 is 0 Å². The SMILES string of the molecule is CC(C)(C)c1cccc(C(=O)P)c1C(C)(C)C. The van der Waals surface area contributed by atoms with E-state index in [-0.39, 0.29) is 16.4 Å². The van der Waals surface area contributed by atoms with Gasteiger partial charge in [-0.05, 0) is 22.0 Å². The zero-order valence-electron chi connectivity index (χ0n) is 11.7. The minimum absolute atomic E-state index is 0.0224. The molecule has 0 N–H and O–H groups in total. The molecular weight excluding hydrogens is 227 g/mol. The number of carbonyl (C=O) groups is 1. The van der Waals surface area contributed by atoms with Gasteiger partial charge in [-0.1, -0.05) is 69.0 Å². The summed E-state index contributed by atoms with van der Waals surface area (Å²) in [5.41, 5.74) is 3.37. The van der Waals surface area contributed by atoms with E-state index in [0.717, 1.165) is 5.56 Å². The van der Waals surface area contributed by atoms with E-state index < -0.39 is 0 Å². The molecule has 1 nitrogen and oxygen atoms in total. The molecule has 2 heteroatoms.